The molecule has 1 aliphatic rings. The van der Waals surface area contributed by atoms with E-state index in [0.29, 0.717) is 0 Å². The fraction of sp³-hybridized carbons (Fsp3) is 0.375. The zero-order valence-corrected chi connectivity index (χ0v) is 14.5. The third-order valence-electron chi connectivity index (χ3n) is 3.97. The van der Waals surface area contributed by atoms with Gasteiger partial charge >= 0.3 is 0 Å². The lowest BCUT2D eigenvalue weighted by Gasteiger charge is -2.34. The fourth-order valence-electron chi connectivity index (χ4n) is 2.66. The van der Waals surface area contributed by atoms with Crippen molar-refractivity contribution in [3.05, 3.63) is 51.9 Å². The van der Waals surface area contributed by atoms with Crippen LogP contribution in [-0.2, 0) is 6.54 Å². The summed E-state index contributed by atoms with van der Waals surface area (Å²) in [7, 11) is 0. The number of piperazine rings is 1. The number of carbonyl (C=O) groups excluding carboxylic acids is 1. The number of rotatable bonds is 4. The van der Waals surface area contributed by atoms with Crippen molar-refractivity contribution in [1.82, 2.24) is 19.6 Å². The molecule has 1 aromatic carbocycles. The quantitative estimate of drug-likeness (QED) is 0.724. The van der Waals surface area contributed by atoms with Crippen LogP contribution in [0.2, 0.25) is 0 Å². The van der Waals surface area contributed by atoms with E-state index in [-0.39, 0.29) is 5.91 Å². The molecule has 1 aliphatic heterocycles. The second-order valence-electron chi connectivity index (χ2n) is 5.38. The van der Waals surface area contributed by atoms with Gasteiger partial charge in [0.1, 0.15) is 0 Å². The van der Waals surface area contributed by atoms with Crippen molar-refractivity contribution in [1.29, 1.82) is 0 Å². The van der Waals surface area contributed by atoms with Gasteiger partial charge in [0.2, 0.25) is 0 Å². The van der Waals surface area contributed by atoms with E-state index in [9.17, 15) is 4.79 Å². The van der Waals surface area contributed by atoms with Crippen molar-refractivity contribution in [2.45, 2.75) is 6.54 Å². The molecule has 0 radical (unpaired) electrons. The molecule has 6 heteroatoms. The summed E-state index contributed by atoms with van der Waals surface area (Å²) in [4.78, 5) is 16.9. The molecule has 0 bridgehead atoms. The predicted molar refractivity (Wildman–Crippen MR) is 93.7 cm³/mol. The first-order valence-electron chi connectivity index (χ1n) is 7.47. The molecule has 22 heavy (non-hydrogen) atoms. The van der Waals surface area contributed by atoms with E-state index < -0.39 is 0 Å². The van der Waals surface area contributed by atoms with Gasteiger partial charge in [-0.3, -0.25) is 14.4 Å². The number of hydrogen-bond acceptors (Lipinski definition) is 3. The molecular formula is C16H19IN4O. The number of benzene rings is 1. The van der Waals surface area contributed by atoms with Gasteiger partial charge in [-0.15, -0.1) is 0 Å². The first-order chi connectivity index (χ1) is 10.7. The monoisotopic (exact) mass is 410 g/mol. The predicted octanol–water partition coefficient (Wildman–Crippen LogP) is 1.95. The van der Waals surface area contributed by atoms with E-state index in [1.54, 1.807) is 6.20 Å². The smallest absolute Gasteiger partial charge is 0.255 e. The van der Waals surface area contributed by atoms with Crippen LogP contribution in [0.5, 0.6) is 0 Å². The highest BCUT2D eigenvalue weighted by Crippen LogP contribution is 2.15. The number of hydrogen-bond donors (Lipinski definition) is 0. The number of nitrogens with zero attached hydrogens (tertiary/aromatic N) is 4. The molecule has 0 saturated carbocycles. The van der Waals surface area contributed by atoms with Gasteiger partial charge in [0.15, 0.2) is 0 Å². The maximum atomic E-state index is 12.6. The zero-order valence-electron chi connectivity index (χ0n) is 12.4. The minimum absolute atomic E-state index is 0.150. The van der Waals surface area contributed by atoms with Crippen LogP contribution in [0.4, 0.5) is 0 Å². The van der Waals surface area contributed by atoms with Crippen LogP contribution in [-0.4, -0.2) is 58.2 Å². The molecule has 5 nitrogen and oxygen atoms in total. The molecule has 2 aromatic rings. The van der Waals surface area contributed by atoms with Crippen molar-refractivity contribution >= 4 is 28.5 Å². The van der Waals surface area contributed by atoms with E-state index in [1.807, 2.05) is 46.1 Å². The highest BCUT2D eigenvalue weighted by Gasteiger charge is 2.22. The second-order valence-corrected chi connectivity index (χ2v) is 6.55. The summed E-state index contributed by atoms with van der Waals surface area (Å²) >= 11 is 2.23. The molecule has 1 aromatic heterocycles. The molecule has 1 saturated heterocycles. The summed E-state index contributed by atoms with van der Waals surface area (Å²) in [5.74, 6) is 0.150. The molecule has 0 N–H and O–H groups in total. The van der Waals surface area contributed by atoms with Crippen LogP contribution in [0.1, 0.15) is 10.4 Å². The van der Waals surface area contributed by atoms with Crippen LogP contribution in [0.25, 0.3) is 0 Å². The first-order valence-corrected chi connectivity index (χ1v) is 8.55. The number of carbonyl (C=O) groups is 1. The van der Waals surface area contributed by atoms with E-state index >= 15 is 0 Å². The van der Waals surface area contributed by atoms with Crippen LogP contribution >= 0.6 is 22.6 Å². The van der Waals surface area contributed by atoms with Gasteiger partial charge in [0.05, 0.1) is 12.1 Å². The van der Waals surface area contributed by atoms with Gasteiger partial charge < -0.3 is 4.90 Å². The van der Waals surface area contributed by atoms with E-state index in [1.165, 1.54) is 0 Å². The summed E-state index contributed by atoms with van der Waals surface area (Å²) in [6.45, 7) is 5.32. The van der Waals surface area contributed by atoms with E-state index in [4.69, 9.17) is 0 Å². The topological polar surface area (TPSA) is 41.4 Å². The van der Waals surface area contributed by atoms with Crippen molar-refractivity contribution in [3.63, 3.8) is 0 Å². The van der Waals surface area contributed by atoms with Gasteiger partial charge in [-0.1, -0.05) is 12.1 Å². The molecule has 1 amide bonds. The molecule has 1 fully saturated rings. The third kappa shape index (κ3) is 3.67. The van der Waals surface area contributed by atoms with Crippen LogP contribution in [0, 0.1) is 3.57 Å². The summed E-state index contributed by atoms with van der Waals surface area (Å²) < 4.78 is 2.97. The Kier molecular flexibility index (Phi) is 5.09. The molecule has 0 aliphatic carbocycles. The molecule has 3 rings (SSSR count). The third-order valence-corrected chi connectivity index (χ3v) is 4.91. The van der Waals surface area contributed by atoms with Crippen molar-refractivity contribution < 1.29 is 4.79 Å². The molecule has 0 atom stereocenters. The normalized spacial score (nSPS) is 16.0. The zero-order chi connectivity index (χ0) is 15.4. The molecule has 2 heterocycles. The largest absolute Gasteiger partial charge is 0.336 e. The van der Waals surface area contributed by atoms with Crippen molar-refractivity contribution in [2.75, 3.05) is 32.7 Å². The number of amides is 1. The number of halogens is 1. The molecule has 0 unspecified atom stereocenters. The SMILES string of the molecule is O=C(c1ccccc1I)N1CCN(CCn2cccn2)CC1. The maximum Gasteiger partial charge on any atom is 0.255 e. The number of aromatic nitrogens is 2. The standard InChI is InChI=1S/C16H19IN4O/c17-15-5-2-1-4-14(15)16(22)20-11-8-19(9-12-20)10-13-21-7-3-6-18-21/h1-7H,8-13H2. The van der Waals surface area contributed by atoms with Crippen LogP contribution in [0.3, 0.4) is 0 Å². The minimum Gasteiger partial charge on any atom is -0.336 e. The van der Waals surface area contributed by atoms with Gasteiger partial charge in [0, 0.05) is 48.7 Å². The highest BCUT2D eigenvalue weighted by molar-refractivity contribution is 14.1. The average molecular weight is 410 g/mol. The Balaban J connectivity index is 1.51. The Labute approximate surface area is 144 Å². The Morgan fingerprint density at radius 3 is 2.55 bits per heavy atom. The lowest BCUT2D eigenvalue weighted by atomic mass is 10.2. The van der Waals surface area contributed by atoms with Crippen LogP contribution in [0.15, 0.2) is 42.7 Å². The molecule has 0 spiro atoms. The summed E-state index contributed by atoms with van der Waals surface area (Å²) in [6, 6.07) is 9.72. The summed E-state index contributed by atoms with van der Waals surface area (Å²) in [6.07, 6.45) is 3.79. The Bertz CT molecular complexity index is 621. The van der Waals surface area contributed by atoms with E-state index in [2.05, 4.69) is 32.6 Å². The Morgan fingerprint density at radius 1 is 1.09 bits per heavy atom. The summed E-state index contributed by atoms with van der Waals surface area (Å²) in [5.41, 5.74) is 0.813. The highest BCUT2D eigenvalue weighted by atomic mass is 127. The lowest BCUT2D eigenvalue weighted by Crippen LogP contribution is -2.49. The van der Waals surface area contributed by atoms with Gasteiger partial charge in [0.25, 0.3) is 5.91 Å². The Morgan fingerprint density at radius 2 is 1.86 bits per heavy atom. The van der Waals surface area contributed by atoms with E-state index in [0.717, 1.165) is 48.4 Å². The van der Waals surface area contributed by atoms with Crippen molar-refractivity contribution in [2.24, 2.45) is 0 Å². The van der Waals surface area contributed by atoms with Gasteiger partial charge in [-0.2, -0.15) is 5.10 Å². The van der Waals surface area contributed by atoms with Gasteiger partial charge in [-0.25, -0.2) is 0 Å². The Hall–Kier alpha value is -1.41. The minimum atomic E-state index is 0.150. The molecule has 116 valence electrons. The molecular weight excluding hydrogens is 391 g/mol. The maximum absolute atomic E-state index is 12.6. The second kappa shape index (κ2) is 7.23. The van der Waals surface area contributed by atoms with Crippen LogP contribution < -0.4 is 0 Å². The lowest BCUT2D eigenvalue weighted by molar-refractivity contribution is 0.0631. The average Bonchev–Trinajstić information content (AvgIpc) is 3.07. The summed E-state index contributed by atoms with van der Waals surface area (Å²) in [5, 5.41) is 4.22. The van der Waals surface area contributed by atoms with Crippen molar-refractivity contribution in [3.8, 4) is 0 Å². The van der Waals surface area contributed by atoms with Gasteiger partial charge in [-0.05, 0) is 40.8 Å². The fourth-order valence-corrected chi connectivity index (χ4v) is 3.27. The first kappa shape index (κ1) is 15.5.